The Kier molecular flexibility index (Phi) is 5.22. The molecule has 0 aliphatic heterocycles. The van der Waals surface area contributed by atoms with Gasteiger partial charge in [-0.3, -0.25) is 0 Å². The lowest BCUT2D eigenvalue weighted by Crippen LogP contribution is -2.10. The first kappa shape index (κ1) is 18.3. The van der Waals surface area contributed by atoms with Crippen LogP contribution >= 0.6 is 0 Å². The van der Waals surface area contributed by atoms with Crippen molar-refractivity contribution in [3.05, 3.63) is 59.7 Å². The second kappa shape index (κ2) is 6.84. The molecule has 0 radical (unpaired) electrons. The summed E-state index contributed by atoms with van der Waals surface area (Å²) in [6.07, 6.45) is -11.5. The van der Waals surface area contributed by atoms with Gasteiger partial charge in [0.1, 0.15) is 0 Å². The summed E-state index contributed by atoms with van der Waals surface area (Å²) in [5.41, 5.74) is 0.718. The van der Waals surface area contributed by atoms with Crippen LogP contribution in [0.3, 0.4) is 0 Å². The van der Waals surface area contributed by atoms with Crippen LogP contribution in [0.25, 0.3) is 11.1 Å². The Morgan fingerprint density at radius 2 is 1.21 bits per heavy atom. The van der Waals surface area contributed by atoms with Gasteiger partial charge >= 0.3 is 12.4 Å². The molecule has 1 unspecified atom stereocenters. The first-order valence-corrected chi connectivity index (χ1v) is 7.09. The molecule has 130 valence electrons. The predicted octanol–water partition coefficient (Wildman–Crippen LogP) is 5.75. The van der Waals surface area contributed by atoms with Crippen molar-refractivity contribution in [3.63, 3.8) is 0 Å². The van der Waals surface area contributed by atoms with Gasteiger partial charge in [0.15, 0.2) is 0 Å². The molecule has 0 aliphatic rings. The molecule has 0 aliphatic carbocycles. The average Bonchev–Trinajstić information content (AvgIpc) is 2.51. The highest BCUT2D eigenvalue weighted by atomic mass is 19.4. The number of aliphatic hydroxyl groups is 1. The number of benzene rings is 2. The van der Waals surface area contributed by atoms with Gasteiger partial charge in [-0.05, 0) is 35.2 Å². The van der Waals surface area contributed by atoms with E-state index >= 15 is 0 Å². The summed E-state index contributed by atoms with van der Waals surface area (Å²) in [7, 11) is 0. The molecular weight excluding hydrogens is 334 g/mol. The van der Waals surface area contributed by atoms with E-state index in [1.54, 1.807) is 12.1 Å². The molecule has 24 heavy (non-hydrogen) atoms. The number of halogens is 6. The lowest BCUT2D eigenvalue weighted by molar-refractivity contribution is -0.140. The smallest absolute Gasteiger partial charge is 0.388 e. The molecule has 0 spiro atoms. The molecule has 2 aromatic rings. The van der Waals surface area contributed by atoms with E-state index < -0.39 is 36.9 Å². The molecule has 0 saturated heterocycles. The van der Waals surface area contributed by atoms with E-state index in [9.17, 15) is 31.4 Å². The molecule has 7 heteroatoms. The van der Waals surface area contributed by atoms with E-state index in [1.165, 1.54) is 24.3 Å². The van der Waals surface area contributed by atoms with Crippen LogP contribution in [-0.4, -0.2) is 11.3 Å². The Morgan fingerprint density at radius 3 is 1.62 bits per heavy atom. The Balaban J connectivity index is 2.09. The van der Waals surface area contributed by atoms with Crippen LogP contribution in [0.1, 0.15) is 30.1 Å². The fraction of sp³-hybridized carbons (Fsp3) is 0.294. The lowest BCUT2D eigenvalue weighted by atomic mass is 9.99. The number of rotatable bonds is 4. The van der Waals surface area contributed by atoms with Crippen molar-refractivity contribution in [2.75, 3.05) is 0 Å². The van der Waals surface area contributed by atoms with Crippen molar-refractivity contribution < 1.29 is 31.4 Å². The van der Waals surface area contributed by atoms with Crippen LogP contribution in [0.5, 0.6) is 0 Å². The van der Waals surface area contributed by atoms with Crippen LogP contribution in [0.4, 0.5) is 26.3 Å². The van der Waals surface area contributed by atoms with Gasteiger partial charge in [0.25, 0.3) is 0 Å². The zero-order valence-corrected chi connectivity index (χ0v) is 12.3. The molecular formula is C17H14F6O. The Morgan fingerprint density at radius 1 is 0.750 bits per heavy atom. The SMILES string of the molecule is OC(CCC(F)(F)F)c1ccc(-c2ccc(C(F)(F)F)cc2)cc1. The second-order valence-corrected chi connectivity index (χ2v) is 5.37. The number of aliphatic hydroxyl groups excluding tert-OH is 1. The summed E-state index contributed by atoms with van der Waals surface area (Å²) in [6, 6.07) is 10.6. The predicted molar refractivity (Wildman–Crippen MR) is 77.1 cm³/mol. The topological polar surface area (TPSA) is 20.2 Å². The van der Waals surface area contributed by atoms with Gasteiger partial charge < -0.3 is 5.11 Å². The molecule has 0 bridgehead atoms. The van der Waals surface area contributed by atoms with Crippen molar-refractivity contribution in [2.45, 2.75) is 31.3 Å². The highest BCUT2D eigenvalue weighted by molar-refractivity contribution is 5.64. The highest BCUT2D eigenvalue weighted by Gasteiger charge is 2.30. The van der Waals surface area contributed by atoms with Crippen LogP contribution in [0, 0.1) is 0 Å². The number of hydrogen-bond donors (Lipinski definition) is 1. The summed E-state index contributed by atoms with van der Waals surface area (Å²) < 4.78 is 74.0. The molecule has 2 rings (SSSR count). The van der Waals surface area contributed by atoms with E-state index in [0.29, 0.717) is 16.7 Å². The highest BCUT2D eigenvalue weighted by Crippen LogP contribution is 2.32. The van der Waals surface area contributed by atoms with E-state index in [-0.39, 0.29) is 0 Å². The summed E-state index contributed by atoms with van der Waals surface area (Å²) >= 11 is 0. The van der Waals surface area contributed by atoms with Crippen LogP contribution in [0.15, 0.2) is 48.5 Å². The molecule has 0 amide bonds. The third kappa shape index (κ3) is 4.99. The maximum absolute atomic E-state index is 12.5. The van der Waals surface area contributed by atoms with Gasteiger partial charge in [0.05, 0.1) is 11.7 Å². The summed E-state index contributed by atoms with van der Waals surface area (Å²) in [4.78, 5) is 0. The maximum Gasteiger partial charge on any atom is 0.416 e. The molecule has 0 fully saturated rings. The minimum atomic E-state index is -4.41. The number of hydrogen-bond acceptors (Lipinski definition) is 1. The molecule has 1 N–H and O–H groups in total. The molecule has 1 nitrogen and oxygen atoms in total. The van der Waals surface area contributed by atoms with E-state index in [1.807, 2.05) is 0 Å². The molecule has 0 aromatic heterocycles. The third-order valence-electron chi connectivity index (χ3n) is 3.54. The monoisotopic (exact) mass is 348 g/mol. The Hall–Kier alpha value is -2.02. The standard InChI is InChI=1S/C17H14F6O/c18-16(19,20)10-9-15(24)13-3-1-11(2-4-13)12-5-7-14(8-6-12)17(21,22)23/h1-8,15,24H,9-10H2. The van der Waals surface area contributed by atoms with E-state index in [0.717, 1.165) is 12.1 Å². The molecule has 2 aromatic carbocycles. The second-order valence-electron chi connectivity index (χ2n) is 5.37. The fourth-order valence-electron chi connectivity index (χ4n) is 2.22. The summed E-state index contributed by atoms with van der Waals surface area (Å²) in [5, 5.41) is 9.75. The van der Waals surface area contributed by atoms with Crippen molar-refractivity contribution >= 4 is 0 Å². The lowest BCUT2D eigenvalue weighted by Gasteiger charge is -2.13. The molecule has 0 saturated carbocycles. The van der Waals surface area contributed by atoms with Gasteiger partial charge in [-0.1, -0.05) is 36.4 Å². The van der Waals surface area contributed by atoms with E-state index in [4.69, 9.17) is 0 Å². The van der Waals surface area contributed by atoms with Crippen molar-refractivity contribution in [2.24, 2.45) is 0 Å². The van der Waals surface area contributed by atoms with Crippen LogP contribution in [0.2, 0.25) is 0 Å². The van der Waals surface area contributed by atoms with Gasteiger partial charge in [-0.2, -0.15) is 26.3 Å². The van der Waals surface area contributed by atoms with Crippen LogP contribution < -0.4 is 0 Å². The van der Waals surface area contributed by atoms with Crippen LogP contribution in [-0.2, 0) is 6.18 Å². The first-order chi connectivity index (χ1) is 11.1. The largest absolute Gasteiger partial charge is 0.416 e. The summed E-state index contributed by atoms with van der Waals surface area (Å²) in [5.74, 6) is 0. The van der Waals surface area contributed by atoms with Crippen molar-refractivity contribution in [1.82, 2.24) is 0 Å². The normalized spacial score (nSPS) is 13.8. The maximum atomic E-state index is 12.5. The minimum Gasteiger partial charge on any atom is -0.388 e. The molecule has 1 atom stereocenters. The van der Waals surface area contributed by atoms with Crippen molar-refractivity contribution in [3.8, 4) is 11.1 Å². The zero-order chi connectivity index (χ0) is 18.0. The van der Waals surface area contributed by atoms with Gasteiger partial charge in [-0.25, -0.2) is 0 Å². The zero-order valence-electron chi connectivity index (χ0n) is 12.3. The quantitative estimate of drug-likeness (QED) is 0.698. The van der Waals surface area contributed by atoms with E-state index in [2.05, 4.69) is 0 Å². The average molecular weight is 348 g/mol. The third-order valence-corrected chi connectivity index (χ3v) is 3.54. The first-order valence-electron chi connectivity index (χ1n) is 7.09. The Labute approximate surface area is 134 Å². The Bertz CT molecular complexity index is 655. The number of alkyl halides is 6. The van der Waals surface area contributed by atoms with Gasteiger partial charge in [0, 0.05) is 6.42 Å². The van der Waals surface area contributed by atoms with Gasteiger partial charge in [0.2, 0.25) is 0 Å². The van der Waals surface area contributed by atoms with Gasteiger partial charge in [-0.15, -0.1) is 0 Å². The molecule has 0 heterocycles. The summed E-state index contributed by atoms with van der Waals surface area (Å²) in [6.45, 7) is 0. The fourth-order valence-corrected chi connectivity index (χ4v) is 2.22. The minimum absolute atomic E-state index is 0.329. The van der Waals surface area contributed by atoms with Crippen molar-refractivity contribution in [1.29, 1.82) is 0 Å².